The Labute approximate surface area is 211 Å². The number of rotatable bonds is 10. The zero-order valence-electron chi connectivity index (χ0n) is 19.8. The van der Waals surface area contributed by atoms with Crippen LogP contribution in [0.2, 0.25) is 5.02 Å². The summed E-state index contributed by atoms with van der Waals surface area (Å²) in [7, 11) is 0. The van der Waals surface area contributed by atoms with Crippen LogP contribution in [0.4, 0.5) is 0 Å². The lowest BCUT2D eigenvalue weighted by Crippen LogP contribution is -2.30. The number of ether oxygens (including phenoxy) is 1. The predicted octanol–water partition coefficient (Wildman–Crippen LogP) is 6.57. The summed E-state index contributed by atoms with van der Waals surface area (Å²) in [5, 5.41) is 16.4. The molecule has 0 spiro atoms. The van der Waals surface area contributed by atoms with E-state index in [4.69, 9.17) is 21.4 Å². The van der Waals surface area contributed by atoms with Crippen LogP contribution in [0.3, 0.4) is 0 Å². The Kier molecular flexibility index (Phi) is 7.19. The van der Waals surface area contributed by atoms with Crippen molar-refractivity contribution < 1.29 is 9.84 Å². The van der Waals surface area contributed by atoms with E-state index in [1.807, 2.05) is 96.5 Å². The van der Waals surface area contributed by atoms with Crippen molar-refractivity contribution in [1.82, 2.24) is 14.7 Å². The van der Waals surface area contributed by atoms with Gasteiger partial charge < -0.3 is 9.84 Å². The summed E-state index contributed by atoms with van der Waals surface area (Å²) in [6.07, 6.45) is 1.92. The Hall–Kier alpha value is -3.12. The molecule has 0 amide bonds. The van der Waals surface area contributed by atoms with Crippen molar-refractivity contribution in [3.63, 3.8) is 0 Å². The molecule has 1 aliphatic rings. The van der Waals surface area contributed by atoms with E-state index in [-0.39, 0.29) is 0 Å². The number of aromatic nitrogens is 2. The second-order valence-corrected chi connectivity index (χ2v) is 9.62. The van der Waals surface area contributed by atoms with Gasteiger partial charge in [0, 0.05) is 19.6 Å². The number of para-hydroxylation sites is 2. The van der Waals surface area contributed by atoms with Gasteiger partial charge in [-0.05, 0) is 55.5 Å². The van der Waals surface area contributed by atoms with E-state index in [9.17, 15) is 5.11 Å². The normalized spacial score (nSPS) is 14.3. The summed E-state index contributed by atoms with van der Waals surface area (Å²) in [6, 6.07) is 27.3. The predicted molar refractivity (Wildman–Crippen MR) is 139 cm³/mol. The van der Waals surface area contributed by atoms with Gasteiger partial charge in [-0.25, -0.2) is 4.68 Å². The van der Waals surface area contributed by atoms with Gasteiger partial charge in [0.1, 0.15) is 5.75 Å². The summed E-state index contributed by atoms with van der Waals surface area (Å²) in [4.78, 5) is 2.33. The van der Waals surface area contributed by atoms with Crippen LogP contribution in [0.15, 0.2) is 84.9 Å². The van der Waals surface area contributed by atoms with Crippen molar-refractivity contribution in [2.75, 3.05) is 13.1 Å². The Morgan fingerprint density at radius 2 is 1.66 bits per heavy atom. The number of halogens is 1. The minimum Gasteiger partial charge on any atom is -0.437 e. The number of aryl methyl sites for hydroxylation is 1. The lowest BCUT2D eigenvalue weighted by atomic mass is 10.1. The number of hydrogen-bond acceptors (Lipinski definition) is 4. The Morgan fingerprint density at radius 1 is 1.00 bits per heavy atom. The third kappa shape index (κ3) is 5.76. The van der Waals surface area contributed by atoms with Gasteiger partial charge in [0.2, 0.25) is 5.88 Å². The van der Waals surface area contributed by atoms with Crippen LogP contribution >= 0.6 is 11.6 Å². The highest BCUT2D eigenvalue weighted by molar-refractivity contribution is 6.32. The first-order valence-corrected chi connectivity index (χ1v) is 12.5. The van der Waals surface area contributed by atoms with E-state index < -0.39 is 6.10 Å². The van der Waals surface area contributed by atoms with Crippen LogP contribution in [0.25, 0.3) is 5.69 Å². The summed E-state index contributed by atoms with van der Waals surface area (Å²) in [6.45, 7) is 4.11. The Balaban J connectivity index is 1.49. The fraction of sp³-hybridized carbons (Fsp3) is 0.276. The number of nitrogens with zero attached hydrogens (tertiary/aromatic N) is 3. The van der Waals surface area contributed by atoms with Crippen molar-refractivity contribution in [2.24, 2.45) is 5.92 Å². The first-order chi connectivity index (χ1) is 17.1. The third-order valence-electron chi connectivity index (χ3n) is 6.39. The second-order valence-electron chi connectivity index (χ2n) is 9.21. The molecule has 1 atom stereocenters. The number of benzene rings is 3. The van der Waals surface area contributed by atoms with Crippen LogP contribution in [0.1, 0.15) is 35.8 Å². The molecule has 1 unspecified atom stereocenters. The molecule has 0 bridgehead atoms. The summed E-state index contributed by atoms with van der Waals surface area (Å²) >= 11 is 6.45. The molecule has 1 saturated carbocycles. The Morgan fingerprint density at radius 3 is 2.34 bits per heavy atom. The fourth-order valence-electron chi connectivity index (χ4n) is 4.32. The first-order valence-electron chi connectivity index (χ1n) is 12.1. The van der Waals surface area contributed by atoms with Crippen LogP contribution in [-0.2, 0) is 6.54 Å². The van der Waals surface area contributed by atoms with E-state index in [1.165, 1.54) is 12.8 Å². The van der Waals surface area contributed by atoms with E-state index in [2.05, 4.69) is 4.90 Å². The quantitative estimate of drug-likeness (QED) is 0.275. The van der Waals surface area contributed by atoms with E-state index in [0.29, 0.717) is 35.7 Å². The van der Waals surface area contributed by atoms with Gasteiger partial charge in [-0.15, -0.1) is 0 Å². The number of hydrogen-bond donors (Lipinski definition) is 1. The van der Waals surface area contributed by atoms with Crippen molar-refractivity contribution in [3.8, 4) is 17.3 Å². The highest BCUT2D eigenvalue weighted by Crippen LogP contribution is 2.36. The molecule has 0 radical (unpaired) electrons. The first kappa shape index (κ1) is 23.6. The molecule has 1 N–H and O–H groups in total. The minimum absolute atomic E-state index is 0.544. The van der Waals surface area contributed by atoms with Crippen LogP contribution in [0.5, 0.6) is 11.6 Å². The summed E-state index contributed by atoms with van der Waals surface area (Å²) in [5.74, 6) is 1.91. The summed E-state index contributed by atoms with van der Waals surface area (Å²) < 4.78 is 8.28. The average molecular weight is 488 g/mol. The van der Waals surface area contributed by atoms with Crippen LogP contribution < -0.4 is 4.74 Å². The average Bonchev–Trinajstić information content (AvgIpc) is 3.65. The van der Waals surface area contributed by atoms with Crippen molar-refractivity contribution >= 4 is 11.6 Å². The van der Waals surface area contributed by atoms with Crippen LogP contribution in [0, 0.1) is 12.8 Å². The van der Waals surface area contributed by atoms with Gasteiger partial charge in [0.15, 0.2) is 0 Å². The molecule has 180 valence electrons. The van der Waals surface area contributed by atoms with Gasteiger partial charge in [-0.2, -0.15) is 5.10 Å². The summed E-state index contributed by atoms with van der Waals surface area (Å²) in [5.41, 5.74) is 3.74. The second kappa shape index (κ2) is 10.6. The molecular weight excluding hydrogens is 458 g/mol. The lowest BCUT2D eigenvalue weighted by Gasteiger charge is -2.26. The zero-order valence-corrected chi connectivity index (χ0v) is 20.6. The highest BCUT2D eigenvalue weighted by atomic mass is 35.5. The minimum atomic E-state index is -0.563. The smallest absolute Gasteiger partial charge is 0.227 e. The zero-order chi connectivity index (χ0) is 24.2. The maximum Gasteiger partial charge on any atom is 0.227 e. The lowest BCUT2D eigenvalue weighted by molar-refractivity contribution is 0.105. The largest absolute Gasteiger partial charge is 0.437 e. The fourth-order valence-corrected chi connectivity index (χ4v) is 4.49. The number of aliphatic hydroxyl groups is 1. The van der Waals surface area contributed by atoms with Crippen LogP contribution in [-0.4, -0.2) is 32.9 Å². The molecule has 6 heteroatoms. The van der Waals surface area contributed by atoms with Gasteiger partial charge in [0.25, 0.3) is 0 Å². The molecule has 1 aromatic heterocycles. The molecule has 35 heavy (non-hydrogen) atoms. The van der Waals surface area contributed by atoms with Gasteiger partial charge >= 0.3 is 0 Å². The number of aliphatic hydroxyl groups excluding tert-OH is 1. The molecule has 3 aromatic carbocycles. The van der Waals surface area contributed by atoms with Crippen molar-refractivity contribution in [1.29, 1.82) is 0 Å². The topological polar surface area (TPSA) is 50.5 Å². The van der Waals surface area contributed by atoms with Crippen molar-refractivity contribution in [2.45, 2.75) is 32.4 Å². The molecule has 1 aliphatic carbocycles. The highest BCUT2D eigenvalue weighted by Gasteiger charge is 2.28. The maximum absolute atomic E-state index is 11.0. The van der Waals surface area contributed by atoms with E-state index >= 15 is 0 Å². The SMILES string of the molecule is Cc1nn(-c2ccccc2)c(Oc2ccccc2Cl)c1CN(CC1CC1)CC(O)c1ccccc1. The standard InChI is InChI=1S/C29H30ClN3O2/c1-21-25(19-32(18-22-16-17-22)20-27(34)23-10-4-2-5-11-23)29(35-28-15-9-8-14-26(28)30)33(31-21)24-12-6-3-7-13-24/h2-15,22,27,34H,16-20H2,1H3. The van der Waals surface area contributed by atoms with Crippen molar-refractivity contribution in [3.05, 3.63) is 107 Å². The molecule has 0 aliphatic heterocycles. The molecule has 5 nitrogen and oxygen atoms in total. The molecule has 0 saturated heterocycles. The van der Waals surface area contributed by atoms with Gasteiger partial charge in [-0.1, -0.05) is 72.3 Å². The van der Waals surface area contributed by atoms with E-state index in [1.54, 1.807) is 0 Å². The Bertz CT molecular complexity index is 1260. The molecule has 1 fully saturated rings. The molecule has 5 rings (SSSR count). The molecule has 4 aromatic rings. The monoisotopic (exact) mass is 487 g/mol. The third-order valence-corrected chi connectivity index (χ3v) is 6.70. The molecular formula is C29H30ClN3O2. The molecule has 1 heterocycles. The van der Waals surface area contributed by atoms with Gasteiger partial charge in [-0.3, -0.25) is 4.90 Å². The maximum atomic E-state index is 11.0. The van der Waals surface area contributed by atoms with E-state index in [0.717, 1.165) is 29.1 Å². The van der Waals surface area contributed by atoms with Gasteiger partial charge in [0.05, 0.1) is 28.1 Å².